The molecular formula is C10H9N3O4S. The summed E-state index contributed by atoms with van der Waals surface area (Å²) in [6.45, 7) is 0. The average molecular weight is 267 g/mol. The SMILES string of the molecule is N#Cc1ccc(S(O)(O)C(=N)C(=N)C(=O)O)cc1. The standard InChI is InChI=1S/C10H9N3O4S/c11-5-6-1-3-7(4-2-6)18(16,17)9(13)8(12)10(14)15/h1-4,12-13,16-17H,(H,14,15). The van der Waals surface area contributed by atoms with Crippen LogP contribution < -0.4 is 0 Å². The molecule has 0 spiro atoms. The molecule has 0 aromatic heterocycles. The lowest BCUT2D eigenvalue weighted by Gasteiger charge is -2.31. The Balaban J connectivity index is 3.13. The predicted octanol–water partition coefficient (Wildman–Crippen LogP) is 1.75. The monoisotopic (exact) mass is 267 g/mol. The Morgan fingerprint density at radius 1 is 1.22 bits per heavy atom. The van der Waals surface area contributed by atoms with Crippen molar-refractivity contribution in [2.24, 2.45) is 0 Å². The molecule has 0 heterocycles. The number of carbonyl (C=O) groups is 1. The van der Waals surface area contributed by atoms with Crippen LogP contribution in [0.2, 0.25) is 0 Å². The van der Waals surface area contributed by atoms with Crippen LogP contribution in [0.3, 0.4) is 0 Å². The third kappa shape index (κ3) is 2.54. The van der Waals surface area contributed by atoms with Gasteiger partial charge in [0.1, 0.15) is 0 Å². The maximum atomic E-state index is 10.5. The molecule has 0 unspecified atom stereocenters. The Kier molecular flexibility index (Phi) is 3.82. The average Bonchev–Trinajstić information content (AvgIpc) is 2.36. The normalized spacial score (nSPS) is 11.4. The van der Waals surface area contributed by atoms with Gasteiger partial charge in [-0.2, -0.15) is 5.26 Å². The molecule has 0 radical (unpaired) electrons. The highest BCUT2D eigenvalue weighted by Crippen LogP contribution is 2.49. The van der Waals surface area contributed by atoms with Crippen molar-refractivity contribution in [3.63, 3.8) is 0 Å². The zero-order valence-corrected chi connectivity index (χ0v) is 9.73. The van der Waals surface area contributed by atoms with Crippen LogP contribution in [0, 0.1) is 22.1 Å². The molecule has 1 rings (SSSR count). The van der Waals surface area contributed by atoms with Crippen molar-refractivity contribution in [2.45, 2.75) is 4.90 Å². The highest BCUT2D eigenvalue weighted by Gasteiger charge is 2.29. The first-order valence-corrected chi connectivity index (χ1v) is 6.04. The number of carboxylic acid groups (broad SMARTS) is 1. The fourth-order valence-electron chi connectivity index (χ4n) is 1.08. The van der Waals surface area contributed by atoms with Gasteiger partial charge in [0.15, 0.2) is 10.8 Å². The van der Waals surface area contributed by atoms with Crippen molar-refractivity contribution in [1.29, 1.82) is 16.1 Å². The highest BCUT2D eigenvalue weighted by molar-refractivity contribution is 8.38. The summed E-state index contributed by atoms with van der Waals surface area (Å²) in [4.78, 5) is 10.4. The van der Waals surface area contributed by atoms with Gasteiger partial charge in [-0.15, -0.1) is 10.6 Å². The second-order valence-corrected chi connectivity index (χ2v) is 5.17. The van der Waals surface area contributed by atoms with Gasteiger partial charge in [0.25, 0.3) is 0 Å². The Morgan fingerprint density at radius 3 is 2.11 bits per heavy atom. The summed E-state index contributed by atoms with van der Waals surface area (Å²) in [6, 6.07) is 6.86. The van der Waals surface area contributed by atoms with Gasteiger partial charge in [0.2, 0.25) is 0 Å². The minimum atomic E-state index is -3.84. The van der Waals surface area contributed by atoms with Crippen molar-refractivity contribution >= 4 is 27.3 Å². The van der Waals surface area contributed by atoms with Crippen molar-refractivity contribution in [1.82, 2.24) is 0 Å². The Morgan fingerprint density at radius 2 is 1.72 bits per heavy atom. The van der Waals surface area contributed by atoms with E-state index in [4.69, 9.17) is 21.2 Å². The number of hydrogen-bond acceptors (Lipinski definition) is 6. The molecule has 94 valence electrons. The largest absolute Gasteiger partial charge is 0.476 e. The van der Waals surface area contributed by atoms with E-state index >= 15 is 0 Å². The first kappa shape index (κ1) is 13.9. The van der Waals surface area contributed by atoms with Gasteiger partial charge in [-0.1, -0.05) is 0 Å². The lowest BCUT2D eigenvalue weighted by molar-refractivity contribution is -0.129. The molecule has 8 heteroatoms. The summed E-state index contributed by atoms with van der Waals surface area (Å²) in [5, 5.41) is 30.4. The summed E-state index contributed by atoms with van der Waals surface area (Å²) in [6.07, 6.45) is 0. The number of rotatable bonds is 3. The number of nitrogens with zero attached hydrogens (tertiary/aromatic N) is 1. The first-order valence-electron chi connectivity index (χ1n) is 4.50. The van der Waals surface area contributed by atoms with Crippen molar-refractivity contribution in [3.05, 3.63) is 29.8 Å². The molecule has 1 aromatic rings. The molecule has 18 heavy (non-hydrogen) atoms. The first-order chi connectivity index (χ1) is 8.30. The summed E-state index contributed by atoms with van der Waals surface area (Å²) in [7, 11) is -3.84. The van der Waals surface area contributed by atoms with E-state index in [1.807, 2.05) is 6.07 Å². The number of benzene rings is 1. The van der Waals surface area contributed by atoms with E-state index in [1.54, 1.807) is 0 Å². The molecule has 0 amide bonds. The minimum absolute atomic E-state index is 0.113. The second kappa shape index (κ2) is 4.97. The van der Waals surface area contributed by atoms with Gasteiger partial charge in [-0.25, -0.2) is 4.79 Å². The Hall–Kier alpha value is -2.21. The molecule has 1 aromatic carbocycles. The molecule has 0 aliphatic carbocycles. The summed E-state index contributed by atoms with van der Waals surface area (Å²) in [5.74, 6) is -1.71. The fraction of sp³-hybridized carbons (Fsp3) is 0. The zero-order chi connectivity index (χ0) is 13.9. The molecule has 5 N–H and O–H groups in total. The molecule has 7 nitrogen and oxygen atoms in total. The topological polar surface area (TPSA) is 149 Å². The van der Waals surface area contributed by atoms with Gasteiger partial charge in [0.05, 0.1) is 16.5 Å². The lowest BCUT2D eigenvalue weighted by atomic mass is 10.2. The summed E-state index contributed by atoms with van der Waals surface area (Å²) in [5.41, 5.74) is -0.895. The van der Waals surface area contributed by atoms with E-state index in [2.05, 4.69) is 0 Å². The van der Waals surface area contributed by atoms with Crippen molar-refractivity contribution in [2.75, 3.05) is 0 Å². The van der Waals surface area contributed by atoms with Crippen LogP contribution >= 0.6 is 10.6 Å². The van der Waals surface area contributed by atoms with Gasteiger partial charge in [0, 0.05) is 0 Å². The molecule has 0 aliphatic rings. The van der Waals surface area contributed by atoms with Gasteiger partial charge >= 0.3 is 5.97 Å². The van der Waals surface area contributed by atoms with Gasteiger partial charge in [-0.3, -0.25) is 19.9 Å². The number of nitriles is 1. The predicted molar refractivity (Wildman–Crippen MR) is 65.4 cm³/mol. The van der Waals surface area contributed by atoms with Crippen LogP contribution in [0.25, 0.3) is 0 Å². The van der Waals surface area contributed by atoms with E-state index < -0.39 is 27.3 Å². The van der Waals surface area contributed by atoms with Crippen LogP contribution in [-0.4, -0.2) is 30.9 Å². The number of aliphatic carboxylic acids is 1. The molecule has 0 saturated heterocycles. The minimum Gasteiger partial charge on any atom is -0.476 e. The number of hydrogen-bond donors (Lipinski definition) is 5. The van der Waals surface area contributed by atoms with Crippen LogP contribution in [0.1, 0.15) is 5.56 Å². The zero-order valence-electron chi connectivity index (χ0n) is 8.91. The van der Waals surface area contributed by atoms with E-state index in [-0.39, 0.29) is 10.5 Å². The molecular weight excluding hydrogens is 258 g/mol. The Labute approximate surface area is 104 Å². The smallest absolute Gasteiger partial charge is 0.357 e. The lowest BCUT2D eigenvalue weighted by Crippen LogP contribution is -2.26. The second-order valence-electron chi connectivity index (χ2n) is 3.19. The third-order valence-electron chi connectivity index (χ3n) is 2.04. The quantitative estimate of drug-likeness (QED) is 0.417. The number of nitrogens with one attached hydrogen (secondary N) is 2. The van der Waals surface area contributed by atoms with Crippen LogP contribution in [0.15, 0.2) is 29.2 Å². The van der Waals surface area contributed by atoms with Crippen LogP contribution in [0.5, 0.6) is 0 Å². The molecule has 0 aliphatic heterocycles. The summed E-state index contributed by atoms with van der Waals surface area (Å²) >= 11 is 0. The summed E-state index contributed by atoms with van der Waals surface area (Å²) < 4.78 is 19.5. The maximum Gasteiger partial charge on any atom is 0.357 e. The molecule has 0 fully saturated rings. The van der Waals surface area contributed by atoms with E-state index in [0.29, 0.717) is 0 Å². The van der Waals surface area contributed by atoms with Crippen molar-refractivity contribution < 1.29 is 19.0 Å². The number of carboxylic acids is 1. The Bertz CT molecular complexity index is 559. The van der Waals surface area contributed by atoms with E-state index in [1.165, 1.54) is 24.3 Å². The molecule has 0 saturated carbocycles. The van der Waals surface area contributed by atoms with Gasteiger partial charge < -0.3 is 5.11 Å². The fourth-order valence-corrected chi connectivity index (χ4v) is 2.20. The molecule has 0 bridgehead atoms. The van der Waals surface area contributed by atoms with E-state index in [0.717, 1.165) is 0 Å². The van der Waals surface area contributed by atoms with Crippen molar-refractivity contribution in [3.8, 4) is 6.07 Å². The molecule has 0 atom stereocenters. The highest BCUT2D eigenvalue weighted by atomic mass is 32.3. The van der Waals surface area contributed by atoms with Crippen LogP contribution in [-0.2, 0) is 4.79 Å². The van der Waals surface area contributed by atoms with Crippen LogP contribution in [0.4, 0.5) is 0 Å². The van der Waals surface area contributed by atoms with Gasteiger partial charge in [-0.05, 0) is 24.3 Å². The van der Waals surface area contributed by atoms with E-state index in [9.17, 15) is 13.9 Å². The third-order valence-corrected chi connectivity index (χ3v) is 3.74. The maximum absolute atomic E-state index is 10.5.